The van der Waals surface area contributed by atoms with Crippen LogP contribution in [0.5, 0.6) is 0 Å². The molecule has 0 spiro atoms. The molecule has 2 nitrogen and oxygen atoms in total. The van der Waals surface area contributed by atoms with E-state index in [1.54, 1.807) is 11.8 Å². The molecule has 0 aliphatic heterocycles. The topological polar surface area (TPSA) is 40.0 Å². The van der Waals surface area contributed by atoms with E-state index in [2.05, 4.69) is 66.5 Å². The molecule has 2 aromatic rings. The van der Waals surface area contributed by atoms with E-state index in [0.29, 0.717) is 5.25 Å². The lowest BCUT2D eigenvalue weighted by Crippen LogP contribution is -3.00. The van der Waals surface area contributed by atoms with Gasteiger partial charge in [-0.2, -0.15) is 0 Å². The number of rotatable bonds is 6. The normalized spacial score (nSPS) is 12.5. The van der Waals surface area contributed by atoms with Crippen LogP contribution < -0.4 is 34.7 Å². The molecule has 124 valence electrons. The summed E-state index contributed by atoms with van der Waals surface area (Å²) in [6.45, 7) is 3.01. The number of aryl methyl sites for hydroxylation is 1. The molecule has 0 radical (unpaired) electrons. The molecule has 5 heteroatoms. The number of amidine groups is 1. The molecule has 0 heterocycles. The number of hydrogen-bond donors (Lipinski definition) is 2. The summed E-state index contributed by atoms with van der Waals surface area (Å²) in [5.74, 6) is 1.01. The van der Waals surface area contributed by atoms with Gasteiger partial charge in [-0.15, -0.1) is 11.8 Å². The van der Waals surface area contributed by atoms with Gasteiger partial charge in [-0.25, -0.2) is 0 Å². The Balaban J connectivity index is 0.00000264. The van der Waals surface area contributed by atoms with Gasteiger partial charge in [-0.1, -0.05) is 60.2 Å². The van der Waals surface area contributed by atoms with Gasteiger partial charge < -0.3 is 24.0 Å². The highest BCUT2D eigenvalue weighted by atomic mass is 127. The van der Waals surface area contributed by atoms with Gasteiger partial charge in [0.05, 0.1) is 11.8 Å². The lowest BCUT2D eigenvalue weighted by Gasteiger charge is -2.17. The van der Waals surface area contributed by atoms with E-state index in [-0.39, 0.29) is 24.0 Å². The van der Waals surface area contributed by atoms with Crippen LogP contribution in [0.2, 0.25) is 0 Å². The Hall–Kier alpha value is -0.660. The van der Waals surface area contributed by atoms with Gasteiger partial charge in [-0.05, 0) is 36.1 Å². The second kappa shape index (κ2) is 11.0. The molecule has 23 heavy (non-hydrogen) atoms. The van der Waals surface area contributed by atoms with E-state index in [9.17, 15) is 0 Å². The molecule has 0 saturated heterocycles. The molecule has 1 unspecified atom stereocenters. The minimum Gasteiger partial charge on any atom is -1.00 e. The van der Waals surface area contributed by atoms with Crippen molar-refractivity contribution in [2.75, 3.05) is 18.6 Å². The molecule has 0 amide bonds. The van der Waals surface area contributed by atoms with Crippen LogP contribution in [0, 0.1) is 6.92 Å². The molecule has 0 aliphatic rings. The molecule has 3 N–H and O–H groups in total. The molecule has 0 saturated carbocycles. The first-order valence-corrected chi connectivity index (χ1v) is 9.61. The van der Waals surface area contributed by atoms with Crippen LogP contribution in [-0.4, -0.2) is 23.7 Å². The number of hydrogen-bond acceptors (Lipinski definition) is 2. The average Bonchev–Trinajstić information content (AvgIpc) is 2.56. The second-order valence-corrected chi connectivity index (χ2v) is 7.13. The molecule has 2 aromatic carbocycles. The number of benzene rings is 2. The van der Waals surface area contributed by atoms with E-state index in [1.165, 1.54) is 16.7 Å². The summed E-state index contributed by atoms with van der Waals surface area (Å²) in [7, 11) is 0. The SMILES string of the molecule is CSC(N)=[NH+]CCSC(c1ccccc1)c1ccc(C)cc1.[I-]. The Labute approximate surface area is 164 Å². The zero-order valence-corrected chi connectivity index (χ0v) is 17.3. The van der Waals surface area contributed by atoms with E-state index < -0.39 is 0 Å². The first kappa shape index (κ1) is 20.4. The molecule has 0 aromatic heterocycles. The Kier molecular flexibility index (Phi) is 9.74. The number of nitrogens with two attached hydrogens (primary N) is 1. The summed E-state index contributed by atoms with van der Waals surface area (Å²) in [5.41, 5.74) is 9.78. The molecule has 1 atom stereocenters. The van der Waals surface area contributed by atoms with Gasteiger partial charge >= 0.3 is 5.17 Å². The van der Waals surface area contributed by atoms with Gasteiger partial charge in [0.15, 0.2) is 0 Å². The van der Waals surface area contributed by atoms with Crippen molar-refractivity contribution in [2.45, 2.75) is 12.2 Å². The first-order valence-electron chi connectivity index (χ1n) is 7.34. The second-order valence-electron chi connectivity index (χ2n) is 5.07. The van der Waals surface area contributed by atoms with Crippen molar-refractivity contribution >= 4 is 28.7 Å². The molecular weight excluding hydrogens is 435 g/mol. The van der Waals surface area contributed by atoms with Crippen LogP contribution in [0.25, 0.3) is 0 Å². The summed E-state index contributed by atoms with van der Waals surface area (Å²) in [4.78, 5) is 3.24. The van der Waals surface area contributed by atoms with E-state index in [1.807, 2.05) is 18.0 Å². The minimum absolute atomic E-state index is 0. The summed E-state index contributed by atoms with van der Waals surface area (Å²) in [5, 5.41) is 1.14. The van der Waals surface area contributed by atoms with Crippen LogP contribution >= 0.6 is 23.5 Å². The fourth-order valence-corrected chi connectivity index (χ4v) is 3.58. The van der Waals surface area contributed by atoms with Crippen LogP contribution in [0.4, 0.5) is 0 Å². The van der Waals surface area contributed by atoms with E-state index in [0.717, 1.165) is 17.5 Å². The summed E-state index contributed by atoms with van der Waals surface area (Å²) < 4.78 is 0. The van der Waals surface area contributed by atoms with Crippen molar-refractivity contribution in [3.63, 3.8) is 0 Å². The third-order valence-electron chi connectivity index (χ3n) is 3.39. The molecule has 0 bridgehead atoms. The van der Waals surface area contributed by atoms with Gasteiger partial charge in [0.1, 0.15) is 0 Å². The first-order chi connectivity index (χ1) is 10.7. The molecule has 2 rings (SSSR count). The lowest BCUT2D eigenvalue weighted by atomic mass is 10.0. The number of nitrogens with one attached hydrogen (secondary N) is 1. The third-order valence-corrected chi connectivity index (χ3v) is 5.29. The Bertz CT molecular complexity index is 600. The summed E-state index contributed by atoms with van der Waals surface area (Å²) >= 11 is 3.50. The van der Waals surface area contributed by atoms with Gasteiger partial charge in [0.2, 0.25) is 0 Å². The van der Waals surface area contributed by atoms with Crippen molar-refractivity contribution in [3.05, 3.63) is 71.3 Å². The Morgan fingerprint density at radius 1 is 1.04 bits per heavy atom. The predicted molar refractivity (Wildman–Crippen MR) is 100 cm³/mol. The summed E-state index contributed by atoms with van der Waals surface area (Å²) in [6.07, 6.45) is 1.98. The van der Waals surface area contributed by atoms with Crippen molar-refractivity contribution in [2.24, 2.45) is 5.73 Å². The maximum absolute atomic E-state index is 5.79. The van der Waals surface area contributed by atoms with Gasteiger partial charge in [0, 0.05) is 5.75 Å². The van der Waals surface area contributed by atoms with Crippen molar-refractivity contribution in [1.29, 1.82) is 0 Å². The highest BCUT2D eigenvalue weighted by Crippen LogP contribution is 2.35. The fraction of sp³-hybridized carbons (Fsp3) is 0.278. The third kappa shape index (κ3) is 6.77. The monoisotopic (exact) mass is 458 g/mol. The van der Waals surface area contributed by atoms with Crippen molar-refractivity contribution in [3.8, 4) is 0 Å². The smallest absolute Gasteiger partial charge is 0.301 e. The molecule has 0 fully saturated rings. The maximum atomic E-state index is 5.79. The average molecular weight is 458 g/mol. The zero-order chi connectivity index (χ0) is 15.8. The van der Waals surface area contributed by atoms with Gasteiger partial charge in [0.25, 0.3) is 0 Å². The number of thioether (sulfide) groups is 2. The number of halogens is 1. The largest absolute Gasteiger partial charge is 1.00 e. The van der Waals surface area contributed by atoms with Crippen LogP contribution in [-0.2, 0) is 0 Å². The van der Waals surface area contributed by atoms with Crippen LogP contribution in [0.3, 0.4) is 0 Å². The van der Waals surface area contributed by atoms with E-state index >= 15 is 0 Å². The fourth-order valence-electron chi connectivity index (χ4n) is 2.18. The Morgan fingerprint density at radius 3 is 2.26 bits per heavy atom. The van der Waals surface area contributed by atoms with E-state index in [4.69, 9.17) is 5.73 Å². The minimum atomic E-state index is 0. The van der Waals surface area contributed by atoms with Crippen LogP contribution in [0.1, 0.15) is 21.9 Å². The zero-order valence-electron chi connectivity index (χ0n) is 13.5. The maximum Gasteiger partial charge on any atom is 0.301 e. The molecule has 0 aliphatic carbocycles. The Morgan fingerprint density at radius 2 is 1.65 bits per heavy atom. The molecular formula is C18H23IN2S2. The standard InChI is InChI=1S/C18H22N2S2.HI/c1-14-8-10-16(11-9-14)17(15-6-4-3-5-7-15)22-13-12-20-18(19)21-2;/h3-11,17H,12-13H2,1-2H3,(H2,19,20);1H. The quantitative estimate of drug-likeness (QED) is 0.268. The van der Waals surface area contributed by atoms with Crippen molar-refractivity contribution in [1.82, 2.24) is 0 Å². The highest BCUT2D eigenvalue weighted by Gasteiger charge is 2.14. The van der Waals surface area contributed by atoms with Gasteiger partial charge in [-0.3, -0.25) is 10.7 Å². The lowest BCUT2D eigenvalue weighted by molar-refractivity contribution is -0.448. The predicted octanol–water partition coefficient (Wildman–Crippen LogP) is -0.420. The van der Waals surface area contributed by atoms with Crippen LogP contribution in [0.15, 0.2) is 54.6 Å². The van der Waals surface area contributed by atoms with Crippen molar-refractivity contribution < 1.29 is 29.0 Å². The summed E-state index contributed by atoms with van der Waals surface area (Å²) in [6, 6.07) is 19.5. The highest BCUT2D eigenvalue weighted by molar-refractivity contribution is 8.12.